The van der Waals surface area contributed by atoms with E-state index in [1.807, 2.05) is 5.38 Å². The molecule has 10 heteroatoms. The van der Waals surface area contributed by atoms with Crippen LogP contribution in [0, 0.1) is 6.92 Å². The number of hydrogen-bond acceptors (Lipinski definition) is 7. The number of hydrogen-bond donors (Lipinski definition) is 0. The Morgan fingerprint density at radius 2 is 1.81 bits per heavy atom. The number of carbonyl (C=O) groups excluding carboxylic acids is 1. The van der Waals surface area contributed by atoms with Crippen molar-refractivity contribution in [3.05, 3.63) is 93.3 Å². The van der Waals surface area contributed by atoms with Gasteiger partial charge in [-0.2, -0.15) is 0 Å². The van der Waals surface area contributed by atoms with Gasteiger partial charge in [-0.05, 0) is 31.2 Å². The second kappa shape index (κ2) is 8.56. The van der Waals surface area contributed by atoms with E-state index < -0.39 is 16.0 Å². The number of aryl methyl sites for hydroxylation is 1. The molecule has 0 aliphatic rings. The lowest BCUT2D eigenvalue weighted by atomic mass is 10.2. The maximum absolute atomic E-state index is 13.2. The lowest BCUT2D eigenvalue weighted by molar-refractivity contribution is 0.0463. The van der Waals surface area contributed by atoms with Crippen molar-refractivity contribution in [3.8, 4) is 0 Å². The summed E-state index contributed by atoms with van der Waals surface area (Å²) in [5.41, 5.74) is 1.15. The van der Waals surface area contributed by atoms with Crippen LogP contribution in [0.25, 0.3) is 4.96 Å². The summed E-state index contributed by atoms with van der Waals surface area (Å²) in [5.74, 6) is -0.824. The fraction of sp³-hybridized carbons (Fsp3) is 0.136. The number of ether oxygens (including phenoxy) is 1. The molecule has 0 bridgehead atoms. The van der Waals surface area contributed by atoms with Gasteiger partial charge in [0, 0.05) is 24.2 Å². The van der Waals surface area contributed by atoms with Gasteiger partial charge in [-0.15, -0.1) is 11.3 Å². The van der Waals surface area contributed by atoms with Crippen molar-refractivity contribution in [3.63, 3.8) is 0 Å². The van der Waals surface area contributed by atoms with Crippen LogP contribution >= 0.6 is 11.3 Å². The van der Waals surface area contributed by atoms with Gasteiger partial charge in [0.05, 0.1) is 16.9 Å². The van der Waals surface area contributed by atoms with Crippen LogP contribution in [-0.2, 0) is 21.4 Å². The minimum absolute atomic E-state index is 0.0972. The molecule has 32 heavy (non-hydrogen) atoms. The monoisotopic (exact) mass is 469 g/mol. The third-order valence-electron chi connectivity index (χ3n) is 4.84. The first-order valence-corrected chi connectivity index (χ1v) is 11.9. The highest BCUT2D eigenvalue weighted by Crippen LogP contribution is 2.25. The highest BCUT2D eigenvalue weighted by molar-refractivity contribution is 7.92. The summed E-state index contributed by atoms with van der Waals surface area (Å²) in [6.07, 6.45) is 0. The SMILES string of the molecule is Cc1csc2nc(COC(=O)c3ccccc3S(=O)(=O)N(C)c3ccccc3)cc(=O)n12. The van der Waals surface area contributed by atoms with E-state index in [1.165, 1.54) is 47.1 Å². The molecule has 0 saturated heterocycles. The molecule has 0 saturated carbocycles. The zero-order valence-corrected chi connectivity index (χ0v) is 18.9. The standard InChI is InChI=1S/C22H19N3O5S2/c1-15-14-31-22-23-16(12-20(26)25(15)22)13-30-21(27)18-10-6-7-11-19(18)32(28,29)24(2)17-8-4-3-5-9-17/h3-12,14H,13H2,1-2H3. The summed E-state index contributed by atoms with van der Waals surface area (Å²) in [7, 11) is -2.60. The van der Waals surface area contributed by atoms with Gasteiger partial charge in [0.2, 0.25) is 0 Å². The summed E-state index contributed by atoms with van der Waals surface area (Å²) < 4.78 is 34.3. The second-order valence-electron chi connectivity index (χ2n) is 6.96. The van der Waals surface area contributed by atoms with Crippen molar-refractivity contribution in [2.75, 3.05) is 11.4 Å². The third-order valence-corrected chi connectivity index (χ3v) is 7.63. The number of fused-ring (bicyclic) bond motifs is 1. The summed E-state index contributed by atoms with van der Waals surface area (Å²) >= 11 is 1.31. The number of rotatable bonds is 6. The largest absolute Gasteiger partial charge is 0.456 e. The van der Waals surface area contributed by atoms with E-state index in [0.717, 1.165) is 10.00 Å². The number of anilines is 1. The molecule has 4 rings (SSSR count). The van der Waals surface area contributed by atoms with Crippen molar-refractivity contribution in [1.29, 1.82) is 0 Å². The zero-order chi connectivity index (χ0) is 22.9. The number of benzene rings is 2. The number of esters is 1. The van der Waals surface area contributed by atoms with Crippen molar-refractivity contribution in [1.82, 2.24) is 9.38 Å². The molecule has 0 amide bonds. The number of thiazole rings is 1. The minimum Gasteiger partial charge on any atom is -0.456 e. The average molecular weight is 470 g/mol. The van der Waals surface area contributed by atoms with Crippen LogP contribution in [0.15, 0.2) is 75.7 Å². The summed E-state index contributed by atoms with van der Waals surface area (Å²) in [4.78, 5) is 29.7. The van der Waals surface area contributed by atoms with Crippen LogP contribution in [0.1, 0.15) is 21.7 Å². The van der Waals surface area contributed by atoms with Crippen LogP contribution < -0.4 is 9.86 Å². The van der Waals surface area contributed by atoms with Gasteiger partial charge < -0.3 is 4.74 Å². The van der Waals surface area contributed by atoms with Gasteiger partial charge in [0.25, 0.3) is 15.6 Å². The maximum Gasteiger partial charge on any atom is 0.339 e. The van der Waals surface area contributed by atoms with E-state index in [-0.39, 0.29) is 28.3 Å². The highest BCUT2D eigenvalue weighted by Gasteiger charge is 2.27. The summed E-state index contributed by atoms with van der Waals surface area (Å²) in [6, 6.07) is 15.7. The van der Waals surface area contributed by atoms with Gasteiger partial charge in [-0.1, -0.05) is 30.3 Å². The molecule has 0 fully saturated rings. The maximum atomic E-state index is 13.2. The van der Waals surface area contributed by atoms with Gasteiger partial charge in [0.15, 0.2) is 4.96 Å². The molecule has 0 unspecified atom stereocenters. The van der Waals surface area contributed by atoms with Crippen molar-refractivity contribution in [2.45, 2.75) is 18.4 Å². The fourth-order valence-electron chi connectivity index (χ4n) is 3.18. The Labute approximate surface area is 188 Å². The van der Waals surface area contributed by atoms with Gasteiger partial charge in [0.1, 0.15) is 11.5 Å². The average Bonchev–Trinajstić information content (AvgIpc) is 3.18. The van der Waals surface area contributed by atoms with Gasteiger partial charge >= 0.3 is 5.97 Å². The first kappa shape index (κ1) is 21.7. The number of nitrogens with zero attached hydrogens (tertiary/aromatic N) is 3. The molecule has 0 aliphatic carbocycles. The van der Waals surface area contributed by atoms with E-state index in [0.29, 0.717) is 10.6 Å². The zero-order valence-electron chi connectivity index (χ0n) is 17.3. The van der Waals surface area contributed by atoms with E-state index in [1.54, 1.807) is 43.3 Å². The van der Waals surface area contributed by atoms with E-state index in [4.69, 9.17) is 4.74 Å². The summed E-state index contributed by atoms with van der Waals surface area (Å²) in [6.45, 7) is 1.54. The Morgan fingerprint density at radius 1 is 1.12 bits per heavy atom. The first-order valence-electron chi connectivity index (χ1n) is 9.56. The first-order chi connectivity index (χ1) is 15.3. The molecule has 4 aromatic rings. The number of sulfonamides is 1. The normalized spacial score (nSPS) is 11.4. The highest BCUT2D eigenvalue weighted by atomic mass is 32.2. The number of carbonyl (C=O) groups is 1. The van der Waals surface area contributed by atoms with E-state index in [2.05, 4.69) is 4.98 Å². The molecular formula is C22H19N3O5S2. The molecule has 8 nitrogen and oxygen atoms in total. The quantitative estimate of drug-likeness (QED) is 0.402. The van der Waals surface area contributed by atoms with Crippen molar-refractivity contribution in [2.24, 2.45) is 0 Å². The molecule has 0 N–H and O–H groups in total. The molecule has 0 atom stereocenters. The van der Waals surface area contributed by atoms with Gasteiger partial charge in [-0.25, -0.2) is 18.2 Å². The topological polar surface area (TPSA) is 98.0 Å². The molecule has 0 aliphatic heterocycles. The Bertz CT molecular complexity index is 1460. The van der Waals surface area contributed by atoms with E-state index in [9.17, 15) is 18.0 Å². The smallest absolute Gasteiger partial charge is 0.339 e. The van der Waals surface area contributed by atoms with Crippen LogP contribution in [0.5, 0.6) is 0 Å². The number of aromatic nitrogens is 2. The Morgan fingerprint density at radius 3 is 2.56 bits per heavy atom. The van der Waals surface area contributed by atoms with Crippen LogP contribution in [0.2, 0.25) is 0 Å². The van der Waals surface area contributed by atoms with Crippen LogP contribution in [-0.4, -0.2) is 30.8 Å². The van der Waals surface area contributed by atoms with Gasteiger partial charge in [-0.3, -0.25) is 13.5 Å². The molecular weight excluding hydrogens is 450 g/mol. The van der Waals surface area contributed by atoms with E-state index >= 15 is 0 Å². The minimum atomic E-state index is -4.02. The molecule has 2 aromatic heterocycles. The Kier molecular flexibility index (Phi) is 5.81. The third kappa shape index (κ3) is 4.02. The summed E-state index contributed by atoms with van der Waals surface area (Å²) in [5, 5.41) is 1.81. The Hall–Kier alpha value is -3.50. The Balaban J connectivity index is 1.60. The van der Waals surface area contributed by atoms with Crippen molar-refractivity contribution < 1.29 is 17.9 Å². The van der Waals surface area contributed by atoms with Crippen LogP contribution in [0.3, 0.4) is 0 Å². The predicted octanol–water partition coefficient (Wildman–Crippen LogP) is 3.25. The molecule has 164 valence electrons. The lowest BCUT2D eigenvalue weighted by Crippen LogP contribution is -2.28. The molecule has 2 aromatic carbocycles. The predicted molar refractivity (Wildman–Crippen MR) is 122 cm³/mol. The van der Waals surface area contributed by atoms with Crippen molar-refractivity contribution >= 4 is 38.0 Å². The molecule has 2 heterocycles. The fourth-order valence-corrected chi connectivity index (χ4v) is 5.44. The number of para-hydroxylation sites is 1. The van der Waals surface area contributed by atoms with Crippen LogP contribution in [0.4, 0.5) is 5.69 Å². The molecule has 0 radical (unpaired) electrons. The second-order valence-corrected chi connectivity index (χ2v) is 9.74. The lowest BCUT2D eigenvalue weighted by Gasteiger charge is -2.20. The molecule has 0 spiro atoms.